The number of ether oxygens (including phenoxy) is 1. The zero-order valence-corrected chi connectivity index (χ0v) is 13.2. The lowest BCUT2D eigenvalue weighted by Gasteiger charge is -2.22. The molecule has 1 aromatic rings. The van der Waals surface area contributed by atoms with Gasteiger partial charge in [0.15, 0.2) is 0 Å². The summed E-state index contributed by atoms with van der Waals surface area (Å²) in [6.45, 7) is 1.42. The lowest BCUT2D eigenvalue weighted by Crippen LogP contribution is -2.38. The van der Waals surface area contributed by atoms with Crippen molar-refractivity contribution in [3.05, 3.63) is 35.4 Å². The molecule has 1 fully saturated rings. The van der Waals surface area contributed by atoms with Gasteiger partial charge in [-0.2, -0.15) is 0 Å². The lowest BCUT2D eigenvalue weighted by molar-refractivity contribution is -0.131. The van der Waals surface area contributed by atoms with Crippen LogP contribution in [0.25, 0.3) is 0 Å². The summed E-state index contributed by atoms with van der Waals surface area (Å²) in [5.74, 6) is -0.725. The van der Waals surface area contributed by atoms with E-state index in [1.807, 2.05) is 0 Å². The number of carbonyl (C=O) groups excluding carboxylic acids is 3. The van der Waals surface area contributed by atoms with Crippen molar-refractivity contribution in [3.8, 4) is 0 Å². The van der Waals surface area contributed by atoms with E-state index in [2.05, 4.69) is 0 Å². The number of hydrogen-bond donors (Lipinski definition) is 0. The van der Waals surface area contributed by atoms with Crippen molar-refractivity contribution in [2.24, 2.45) is 0 Å². The molecule has 3 rings (SSSR count). The molecule has 122 valence electrons. The van der Waals surface area contributed by atoms with Gasteiger partial charge in [0.05, 0.1) is 17.2 Å². The molecule has 0 radical (unpaired) electrons. The Balaban J connectivity index is 1.55. The third kappa shape index (κ3) is 3.12. The summed E-state index contributed by atoms with van der Waals surface area (Å²) < 4.78 is 5.52. The highest BCUT2D eigenvalue weighted by Crippen LogP contribution is 2.22. The van der Waals surface area contributed by atoms with Crippen molar-refractivity contribution in [1.29, 1.82) is 0 Å². The normalized spacial score (nSPS) is 20.0. The maximum atomic E-state index is 12.2. The predicted octanol–water partition coefficient (Wildman–Crippen LogP) is 1.31. The number of amides is 3. The largest absolute Gasteiger partial charge is 0.376 e. The second-order valence-electron chi connectivity index (χ2n) is 5.97. The van der Waals surface area contributed by atoms with E-state index in [0.29, 0.717) is 17.7 Å². The van der Waals surface area contributed by atoms with Crippen LogP contribution < -0.4 is 0 Å². The van der Waals surface area contributed by atoms with Gasteiger partial charge in [0.25, 0.3) is 11.8 Å². The number of nitrogens with zero attached hydrogens (tertiary/aromatic N) is 2. The van der Waals surface area contributed by atoms with Crippen LogP contribution in [0.4, 0.5) is 0 Å². The molecule has 1 aromatic carbocycles. The molecule has 0 aromatic heterocycles. The molecular weight excluding hydrogens is 296 g/mol. The van der Waals surface area contributed by atoms with Gasteiger partial charge in [-0.1, -0.05) is 12.1 Å². The van der Waals surface area contributed by atoms with Gasteiger partial charge >= 0.3 is 0 Å². The molecule has 2 aliphatic rings. The van der Waals surface area contributed by atoms with Crippen molar-refractivity contribution in [2.75, 3.05) is 26.7 Å². The zero-order valence-electron chi connectivity index (χ0n) is 13.2. The van der Waals surface area contributed by atoms with Crippen molar-refractivity contribution < 1.29 is 19.1 Å². The molecule has 6 heteroatoms. The van der Waals surface area contributed by atoms with Crippen molar-refractivity contribution >= 4 is 17.7 Å². The van der Waals surface area contributed by atoms with Gasteiger partial charge in [0.2, 0.25) is 5.91 Å². The highest BCUT2D eigenvalue weighted by atomic mass is 16.5. The first-order valence-electron chi connectivity index (χ1n) is 7.88. The van der Waals surface area contributed by atoms with Crippen LogP contribution in [0.3, 0.4) is 0 Å². The lowest BCUT2D eigenvalue weighted by atomic mass is 10.1. The summed E-state index contributed by atoms with van der Waals surface area (Å²) in [5, 5.41) is 0. The van der Waals surface area contributed by atoms with Gasteiger partial charge in [-0.25, -0.2) is 0 Å². The molecule has 2 heterocycles. The Labute approximate surface area is 135 Å². The molecule has 0 saturated carbocycles. The Morgan fingerprint density at radius 1 is 1.26 bits per heavy atom. The van der Waals surface area contributed by atoms with Gasteiger partial charge in [-0.15, -0.1) is 0 Å². The number of fused-ring (bicyclic) bond motifs is 1. The Hall–Kier alpha value is -2.21. The molecule has 3 amide bonds. The minimum atomic E-state index is -0.319. The number of benzene rings is 1. The van der Waals surface area contributed by atoms with Crippen LogP contribution in [0.5, 0.6) is 0 Å². The van der Waals surface area contributed by atoms with Gasteiger partial charge in [-0.05, 0) is 25.0 Å². The number of likely N-dealkylation sites (N-methyl/N-ethyl adjacent to an activating group) is 1. The van der Waals surface area contributed by atoms with Crippen LogP contribution in [0.2, 0.25) is 0 Å². The van der Waals surface area contributed by atoms with Crippen molar-refractivity contribution in [1.82, 2.24) is 9.80 Å². The Morgan fingerprint density at radius 2 is 1.91 bits per heavy atom. The molecule has 2 aliphatic heterocycles. The van der Waals surface area contributed by atoms with E-state index >= 15 is 0 Å². The minimum absolute atomic E-state index is 0.0861. The van der Waals surface area contributed by atoms with E-state index in [1.165, 1.54) is 0 Å². The van der Waals surface area contributed by atoms with E-state index in [0.717, 1.165) is 24.3 Å². The average molecular weight is 316 g/mol. The average Bonchev–Trinajstić information content (AvgIpc) is 3.14. The predicted molar refractivity (Wildman–Crippen MR) is 83.0 cm³/mol. The topological polar surface area (TPSA) is 66.9 Å². The number of carbonyl (C=O) groups is 3. The third-order valence-corrected chi connectivity index (χ3v) is 4.35. The molecule has 6 nitrogen and oxygen atoms in total. The summed E-state index contributed by atoms with van der Waals surface area (Å²) in [7, 11) is 1.73. The molecule has 1 saturated heterocycles. The fourth-order valence-electron chi connectivity index (χ4n) is 3.04. The van der Waals surface area contributed by atoms with Gasteiger partial charge in [-0.3, -0.25) is 19.3 Å². The summed E-state index contributed by atoms with van der Waals surface area (Å²) >= 11 is 0. The van der Waals surface area contributed by atoms with E-state index in [9.17, 15) is 14.4 Å². The molecule has 0 aliphatic carbocycles. The Morgan fingerprint density at radius 3 is 2.48 bits per heavy atom. The van der Waals surface area contributed by atoms with Crippen LogP contribution in [-0.2, 0) is 9.53 Å². The van der Waals surface area contributed by atoms with Gasteiger partial charge in [0, 0.05) is 33.2 Å². The highest BCUT2D eigenvalue weighted by Gasteiger charge is 2.35. The van der Waals surface area contributed by atoms with Crippen LogP contribution >= 0.6 is 0 Å². The first-order chi connectivity index (χ1) is 11.1. The van der Waals surface area contributed by atoms with Crippen LogP contribution in [0, 0.1) is 0 Å². The van der Waals surface area contributed by atoms with E-state index < -0.39 is 0 Å². The first-order valence-corrected chi connectivity index (χ1v) is 7.88. The standard InChI is InChI=1S/C17H20N2O4/c1-18(11-12-5-4-10-23-12)15(20)8-9-19-16(21)13-6-2-3-7-14(13)17(19)22/h2-3,6-7,12H,4-5,8-11H2,1H3. The SMILES string of the molecule is CN(CC1CCCO1)C(=O)CCN1C(=O)c2ccccc2C1=O. The maximum Gasteiger partial charge on any atom is 0.261 e. The maximum absolute atomic E-state index is 12.2. The van der Waals surface area contributed by atoms with Gasteiger partial charge in [0.1, 0.15) is 0 Å². The van der Waals surface area contributed by atoms with Crippen LogP contribution in [-0.4, -0.2) is 60.4 Å². The first kappa shape index (κ1) is 15.7. The molecule has 1 atom stereocenters. The number of rotatable bonds is 5. The highest BCUT2D eigenvalue weighted by molar-refractivity contribution is 6.21. The Bertz CT molecular complexity index is 602. The van der Waals surface area contributed by atoms with Crippen molar-refractivity contribution in [3.63, 3.8) is 0 Å². The second-order valence-corrected chi connectivity index (χ2v) is 5.97. The quantitative estimate of drug-likeness (QED) is 0.768. The van der Waals surface area contributed by atoms with E-state index in [4.69, 9.17) is 4.74 Å². The minimum Gasteiger partial charge on any atom is -0.376 e. The van der Waals surface area contributed by atoms with Crippen LogP contribution in [0.15, 0.2) is 24.3 Å². The molecular formula is C17H20N2O4. The fraction of sp³-hybridized carbons (Fsp3) is 0.471. The van der Waals surface area contributed by atoms with E-state index in [-0.39, 0.29) is 36.8 Å². The second kappa shape index (κ2) is 6.50. The molecule has 0 bridgehead atoms. The smallest absolute Gasteiger partial charge is 0.261 e. The zero-order chi connectivity index (χ0) is 16.4. The fourth-order valence-corrected chi connectivity index (χ4v) is 3.04. The molecule has 0 spiro atoms. The summed E-state index contributed by atoms with van der Waals surface area (Å²) in [6, 6.07) is 6.74. The van der Waals surface area contributed by atoms with E-state index in [1.54, 1.807) is 36.2 Å². The molecule has 1 unspecified atom stereocenters. The van der Waals surface area contributed by atoms with Crippen molar-refractivity contribution in [2.45, 2.75) is 25.4 Å². The van der Waals surface area contributed by atoms with Crippen LogP contribution in [0.1, 0.15) is 40.0 Å². The number of imide groups is 1. The summed E-state index contributed by atoms with van der Waals surface area (Å²) in [4.78, 5) is 39.4. The monoisotopic (exact) mass is 316 g/mol. The Kier molecular flexibility index (Phi) is 4.43. The van der Waals surface area contributed by atoms with Gasteiger partial charge < -0.3 is 9.64 Å². The summed E-state index contributed by atoms with van der Waals surface area (Å²) in [6.07, 6.45) is 2.23. The molecule has 23 heavy (non-hydrogen) atoms. The summed E-state index contributed by atoms with van der Waals surface area (Å²) in [5.41, 5.74) is 0.829. The third-order valence-electron chi connectivity index (χ3n) is 4.35. The molecule has 0 N–H and O–H groups in total. The number of hydrogen-bond acceptors (Lipinski definition) is 4.